The fourth-order valence-corrected chi connectivity index (χ4v) is 2.79. The first-order valence-corrected chi connectivity index (χ1v) is 6.88. The second-order valence-electron chi connectivity index (χ2n) is 5.41. The summed E-state index contributed by atoms with van der Waals surface area (Å²) in [5.74, 6) is 0.763. The van der Waals surface area contributed by atoms with Gasteiger partial charge in [0.05, 0.1) is 13.2 Å². The summed E-state index contributed by atoms with van der Waals surface area (Å²) < 4.78 is 5.37. The van der Waals surface area contributed by atoms with E-state index < -0.39 is 0 Å². The third kappa shape index (κ3) is 4.04. The summed E-state index contributed by atoms with van der Waals surface area (Å²) >= 11 is 0. The van der Waals surface area contributed by atoms with E-state index in [1.807, 2.05) is 0 Å². The highest BCUT2D eigenvalue weighted by Crippen LogP contribution is 2.17. The Morgan fingerprint density at radius 2 is 1.94 bits per heavy atom. The SMILES string of the molecule is CC(CNC1CCCC1)CN1CCOCC1. The fourth-order valence-electron chi connectivity index (χ4n) is 2.79. The second kappa shape index (κ2) is 6.58. The molecule has 1 atom stereocenters. The van der Waals surface area contributed by atoms with E-state index in [1.165, 1.54) is 38.8 Å². The molecule has 1 unspecified atom stereocenters. The van der Waals surface area contributed by atoms with Crippen molar-refractivity contribution in [3.05, 3.63) is 0 Å². The number of morpholine rings is 1. The summed E-state index contributed by atoms with van der Waals surface area (Å²) in [7, 11) is 0. The van der Waals surface area contributed by atoms with Crippen LogP contribution in [0.25, 0.3) is 0 Å². The van der Waals surface area contributed by atoms with Crippen molar-refractivity contribution in [3.8, 4) is 0 Å². The smallest absolute Gasteiger partial charge is 0.0594 e. The summed E-state index contributed by atoms with van der Waals surface area (Å²) in [6, 6.07) is 0.812. The van der Waals surface area contributed by atoms with E-state index in [9.17, 15) is 0 Å². The van der Waals surface area contributed by atoms with E-state index in [1.54, 1.807) is 0 Å². The van der Waals surface area contributed by atoms with Crippen LogP contribution in [0, 0.1) is 5.92 Å². The summed E-state index contributed by atoms with van der Waals surface area (Å²) in [6.45, 7) is 8.84. The first kappa shape index (κ1) is 12.3. The Morgan fingerprint density at radius 1 is 1.25 bits per heavy atom. The zero-order valence-corrected chi connectivity index (χ0v) is 10.6. The molecule has 16 heavy (non-hydrogen) atoms. The highest BCUT2D eigenvalue weighted by atomic mass is 16.5. The van der Waals surface area contributed by atoms with E-state index in [0.29, 0.717) is 0 Å². The Balaban J connectivity index is 1.57. The van der Waals surface area contributed by atoms with Crippen molar-refractivity contribution in [1.82, 2.24) is 10.2 Å². The maximum Gasteiger partial charge on any atom is 0.0594 e. The van der Waals surface area contributed by atoms with Gasteiger partial charge < -0.3 is 10.1 Å². The molecule has 0 amide bonds. The van der Waals surface area contributed by atoms with Crippen LogP contribution in [0.3, 0.4) is 0 Å². The molecule has 1 saturated carbocycles. The molecule has 2 fully saturated rings. The Morgan fingerprint density at radius 3 is 2.62 bits per heavy atom. The number of ether oxygens (including phenoxy) is 1. The number of hydrogen-bond acceptors (Lipinski definition) is 3. The van der Waals surface area contributed by atoms with Crippen LogP contribution in [-0.4, -0.2) is 50.3 Å². The minimum atomic E-state index is 0.763. The lowest BCUT2D eigenvalue weighted by molar-refractivity contribution is 0.0316. The molecule has 0 bridgehead atoms. The number of rotatable bonds is 5. The van der Waals surface area contributed by atoms with Gasteiger partial charge in [-0.3, -0.25) is 4.90 Å². The molecule has 1 heterocycles. The summed E-state index contributed by atoms with van der Waals surface area (Å²) in [5, 5.41) is 3.71. The Kier molecular flexibility index (Phi) is 5.07. The maximum absolute atomic E-state index is 5.37. The molecule has 0 spiro atoms. The van der Waals surface area contributed by atoms with Crippen molar-refractivity contribution >= 4 is 0 Å². The molecule has 3 nitrogen and oxygen atoms in total. The average molecular weight is 226 g/mol. The monoisotopic (exact) mass is 226 g/mol. The van der Waals surface area contributed by atoms with Crippen LogP contribution in [0.5, 0.6) is 0 Å². The molecule has 0 radical (unpaired) electrons. The number of nitrogens with one attached hydrogen (secondary N) is 1. The van der Waals surface area contributed by atoms with Crippen LogP contribution >= 0.6 is 0 Å². The van der Waals surface area contributed by atoms with Crippen molar-refractivity contribution in [1.29, 1.82) is 0 Å². The third-order valence-corrected chi connectivity index (χ3v) is 3.78. The molecule has 1 aliphatic carbocycles. The van der Waals surface area contributed by atoms with Crippen molar-refractivity contribution in [2.24, 2.45) is 5.92 Å². The highest BCUT2D eigenvalue weighted by Gasteiger charge is 2.17. The normalized spacial score (nSPS) is 26.1. The van der Waals surface area contributed by atoms with E-state index >= 15 is 0 Å². The first-order valence-electron chi connectivity index (χ1n) is 6.88. The van der Waals surface area contributed by atoms with Crippen molar-refractivity contribution in [2.75, 3.05) is 39.4 Å². The lowest BCUT2D eigenvalue weighted by atomic mass is 10.1. The zero-order chi connectivity index (χ0) is 11.2. The topological polar surface area (TPSA) is 24.5 Å². The molecular weight excluding hydrogens is 200 g/mol. The van der Waals surface area contributed by atoms with Crippen LogP contribution in [0.2, 0.25) is 0 Å². The average Bonchev–Trinajstić information content (AvgIpc) is 2.81. The first-order chi connectivity index (χ1) is 7.84. The van der Waals surface area contributed by atoms with Crippen molar-refractivity contribution in [2.45, 2.75) is 38.6 Å². The van der Waals surface area contributed by atoms with Crippen LogP contribution in [-0.2, 0) is 4.74 Å². The third-order valence-electron chi connectivity index (χ3n) is 3.78. The Bertz CT molecular complexity index is 186. The fraction of sp³-hybridized carbons (Fsp3) is 1.00. The minimum Gasteiger partial charge on any atom is -0.379 e. The summed E-state index contributed by atoms with van der Waals surface area (Å²) in [4.78, 5) is 2.53. The Hall–Kier alpha value is -0.120. The lowest BCUT2D eigenvalue weighted by Crippen LogP contribution is -2.41. The molecule has 1 aliphatic heterocycles. The van der Waals surface area contributed by atoms with Gasteiger partial charge in [-0.05, 0) is 25.3 Å². The molecule has 0 aromatic heterocycles. The van der Waals surface area contributed by atoms with Gasteiger partial charge >= 0.3 is 0 Å². The van der Waals surface area contributed by atoms with Crippen molar-refractivity contribution < 1.29 is 4.74 Å². The van der Waals surface area contributed by atoms with Gasteiger partial charge in [-0.25, -0.2) is 0 Å². The molecule has 94 valence electrons. The second-order valence-corrected chi connectivity index (χ2v) is 5.41. The molecule has 2 aliphatic rings. The molecule has 0 aromatic rings. The van der Waals surface area contributed by atoms with E-state index in [0.717, 1.165) is 38.3 Å². The van der Waals surface area contributed by atoms with Gasteiger partial charge in [-0.1, -0.05) is 19.8 Å². The van der Waals surface area contributed by atoms with Crippen LogP contribution in [0.4, 0.5) is 0 Å². The molecule has 0 aromatic carbocycles. The van der Waals surface area contributed by atoms with Gasteiger partial charge in [0.1, 0.15) is 0 Å². The highest BCUT2D eigenvalue weighted by molar-refractivity contribution is 4.75. The molecule has 1 N–H and O–H groups in total. The standard InChI is InChI=1S/C13H26N2O/c1-12(10-14-13-4-2-3-5-13)11-15-6-8-16-9-7-15/h12-14H,2-11H2,1H3. The predicted octanol–water partition coefficient (Wildman–Crippen LogP) is 1.49. The van der Waals surface area contributed by atoms with Gasteiger partial charge in [-0.15, -0.1) is 0 Å². The Labute approximate surface area is 99.5 Å². The van der Waals surface area contributed by atoms with Crippen LogP contribution in [0.1, 0.15) is 32.6 Å². The molecular formula is C13H26N2O. The maximum atomic E-state index is 5.37. The quantitative estimate of drug-likeness (QED) is 0.768. The summed E-state index contributed by atoms with van der Waals surface area (Å²) in [5.41, 5.74) is 0. The predicted molar refractivity (Wildman–Crippen MR) is 66.7 cm³/mol. The van der Waals surface area contributed by atoms with Gasteiger partial charge in [0.25, 0.3) is 0 Å². The van der Waals surface area contributed by atoms with Gasteiger partial charge in [0.15, 0.2) is 0 Å². The van der Waals surface area contributed by atoms with Gasteiger partial charge in [-0.2, -0.15) is 0 Å². The summed E-state index contributed by atoms with van der Waals surface area (Å²) in [6.07, 6.45) is 5.64. The molecule has 2 rings (SSSR count). The van der Waals surface area contributed by atoms with E-state index in [4.69, 9.17) is 4.74 Å². The largest absolute Gasteiger partial charge is 0.379 e. The lowest BCUT2D eigenvalue weighted by Gasteiger charge is -2.29. The van der Waals surface area contributed by atoms with Crippen molar-refractivity contribution in [3.63, 3.8) is 0 Å². The van der Waals surface area contributed by atoms with Crippen LogP contribution < -0.4 is 5.32 Å². The van der Waals surface area contributed by atoms with Crippen LogP contribution in [0.15, 0.2) is 0 Å². The zero-order valence-electron chi connectivity index (χ0n) is 10.6. The number of nitrogens with zero attached hydrogens (tertiary/aromatic N) is 1. The molecule has 3 heteroatoms. The van der Waals surface area contributed by atoms with E-state index in [-0.39, 0.29) is 0 Å². The van der Waals surface area contributed by atoms with Gasteiger partial charge in [0.2, 0.25) is 0 Å². The number of hydrogen-bond donors (Lipinski definition) is 1. The van der Waals surface area contributed by atoms with E-state index in [2.05, 4.69) is 17.1 Å². The molecule has 1 saturated heterocycles. The van der Waals surface area contributed by atoms with Gasteiger partial charge in [0, 0.05) is 25.7 Å². The minimum absolute atomic E-state index is 0.763.